The highest BCUT2D eigenvalue weighted by Gasteiger charge is 2.22. The average Bonchev–Trinajstić information content (AvgIpc) is 3.46. The van der Waals surface area contributed by atoms with Crippen LogP contribution in [0.5, 0.6) is 5.75 Å². The lowest BCUT2D eigenvalue weighted by Gasteiger charge is -2.06. The van der Waals surface area contributed by atoms with Gasteiger partial charge in [0.1, 0.15) is 11.4 Å². The van der Waals surface area contributed by atoms with Crippen molar-refractivity contribution in [3.8, 4) is 17.0 Å². The zero-order valence-corrected chi connectivity index (χ0v) is 17.9. The zero-order valence-electron chi connectivity index (χ0n) is 17.2. The third kappa shape index (κ3) is 3.76. The van der Waals surface area contributed by atoms with Gasteiger partial charge >= 0.3 is 0 Å². The molecule has 0 aliphatic carbocycles. The lowest BCUT2D eigenvalue weighted by atomic mass is 10.1. The summed E-state index contributed by atoms with van der Waals surface area (Å²) < 4.78 is 12.8. The van der Waals surface area contributed by atoms with Crippen molar-refractivity contribution in [1.82, 2.24) is 14.7 Å². The van der Waals surface area contributed by atoms with Gasteiger partial charge in [-0.3, -0.25) is 9.78 Å². The minimum atomic E-state index is -0.245. The van der Waals surface area contributed by atoms with E-state index in [0.29, 0.717) is 28.6 Å². The number of nitrogens with zero attached hydrogens (tertiary/aromatic N) is 3. The number of ketones is 1. The van der Waals surface area contributed by atoms with Crippen molar-refractivity contribution in [2.45, 2.75) is 6.54 Å². The first kappa shape index (κ1) is 20.0. The van der Waals surface area contributed by atoms with E-state index in [2.05, 4.69) is 10.1 Å². The van der Waals surface area contributed by atoms with Gasteiger partial charge in [0.2, 0.25) is 11.5 Å². The Balaban J connectivity index is 1.56. The molecular weight excluding hydrogens is 426 g/mol. The number of carbonyl (C=O) groups excluding carboxylic acids is 1. The summed E-state index contributed by atoms with van der Waals surface area (Å²) in [7, 11) is 1.60. The Morgan fingerprint density at radius 1 is 1.06 bits per heavy atom. The van der Waals surface area contributed by atoms with E-state index in [1.807, 2.05) is 65.4 Å². The second kappa shape index (κ2) is 8.32. The molecule has 0 N–H and O–H groups in total. The van der Waals surface area contributed by atoms with Crippen LogP contribution in [0.15, 0.2) is 83.8 Å². The number of rotatable bonds is 6. The van der Waals surface area contributed by atoms with Crippen LogP contribution in [-0.4, -0.2) is 27.6 Å². The van der Waals surface area contributed by atoms with Crippen LogP contribution >= 0.6 is 11.6 Å². The zero-order chi connectivity index (χ0) is 22.1. The van der Waals surface area contributed by atoms with E-state index in [-0.39, 0.29) is 11.5 Å². The third-order valence-electron chi connectivity index (χ3n) is 5.31. The minimum absolute atomic E-state index is 0.171. The van der Waals surface area contributed by atoms with Crippen molar-refractivity contribution < 1.29 is 14.1 Å². The third-order valence-corrected chi connectivity index (χ3v) is 5.56. The van der Waals surface area contributed by atoms with Crippen molar-refractivity contribution in [3.63, 3.8) is 0 Å². The predicted octanol–water partition coefficient (Wildman–Crippen LogP) is 5.63. The van der Waals surface area contributed by atoms with Gasteiger partial charge < -0.3 is 13.8 Å². The number of fused-ring (bicyclic) bond motifs is 1. The number of benzene rings is 2. The van der Waals surface area contributed by atoms with Gasteiger partial charge in [-0.2, -0.15) is 0 Å². The molecule has 7 heteroatoms. The number of hydrogen-bond acceptors (Lipinski definition) is 5. The number of hydrogen-bond donors (Lipinski definition) is 0. The van der Waals surface area contributed by atoms with E-state index in [1.54, 1.807) is 25.6 Å². The summed E-state index contributed by atoms with van der Waals surface area (Å²) in [6.07, 6.45) is 5.18. The van der Waals surface area contributed by atoms with Crippen molar-refractivity contribution in [3.05, 3.63) is 101 Å². The van der Waals surface area contributed by atoms with E-state index < -0.39 is 0 Å². The number of halogens is 1. The normalized spacial score (nSPS) is 11.1. The van der Waals surface area contributed by atoms with E-state index in [4.69, 9.17) is 20.9 Å². The fraction of sp³-hybridized carbons (Fsp3) is 0.0800. The Hall–Kier alpha value is -3.90. The smallest absolute Gasteiger partial charge is 0.233 e. The van der Waals surface area contributed by atoms with Gasteiger partial charge in [-0.05, 0) is 48.0 Å². The summed E-state index contributed by atoms with van der Waals surface area (Å²) in [5, 5.41) is 5.53. The molecule has 0 spiro atoms. The number of methoxy groups -OCH3 is 1. The van der Waals surface area contributed by atoms with Gasteiger partial charge in [-0.1, -0.05) is 28.9 Å². The second-order valence-corrected chi connectivity index (χ2v) is 7.76. The highest BCUT2D eigenvalue weighted by atomic mass is 35.5. The molecule has 3 heterocycles. The van der Waals surface area contributed by atoms with E-state index in [9.17, 15) is 4.79 Å². The molecule has 0 aliphatic heterocycles. The number of ether oxygens (including phenoxy) is 1. The van der Waals surface area contributed by atoms with E-state index in [1.165, 1.54) is 0 Å². The largest absolute Gasteiger partial charge is 0.497 e. The van der Waals surface area contributed by atoms with E-state index >= 15 is 0 Å². The molecule has 0 aliphatic rings. The number of aromatic nitrogens is 3. The van der Waals surface area contributed by atoms with Crippen LogP contribution in [0.3, 0.4) is 0 Å². The molecular formula is C25H18ClN3O3. The van der Waals surface area contributed by atoms with Crippen molar-refractivity contribution in [2.24, 2.45) is 0 Å². The van der Waals surface area contributed by atoms with Crippen LogP contribution in [0.2, 0.25) is 5.02 Å². The van der Waals surface area contributed by atoms with E-state index in [0.717, 1.165) is 22.0 Å². The fourth-order valence-electron chi connectivity index (χ4n) is 3.68. The van der Waals surface area contributed by atoms with Crippen molar-refractivity contribution in [1.29, 1.82) is 0 Å². The van der Waals surface area contributed by atoms with Gasteiger partial charge in [0.25, 0.3) is 0 Å². The number of pyridine rings is 1. The Morgan fingerprint density at radius 3 is 2.59 bits per heavy atom. The maximum Gasteiger partial charge on any atom is 0.233 e. The number of carbonyl (C=O) groups is 1. The monoisotopic (exact) mass is 443 g/mol. The maximum absolute atomic E-state index is 13.4. The van der Waals surface area contributed by atoms with Crippen LogP contribution < -0.4 is 4.74 Å². The molecule has 0 amide bonds. The molecule has 6 nitrogen and oxygen atoms in total. The highest BCUT2D eigenvalue weighted by Crippen LogP contribution is 2.29. The molecule has 32 heavy (non-hydrogen) atoms. The average molecular weight is 444 g/mol. The molecule has 0 bridgehead atoms. The molecule has 0 saturated carbocycles. The fourth-order valence-corrected chi connectivity index (χ4v) is 3.80. The molecule has 5 rings (SSSR count). The van der Waals surface area contributed by atoms with Crippen LogP contribution in [0.4, 0.5) is 0 Å². The van der Waals surface area contributed by atoms with Crippen LogP contribution in [-0.2, 0) is 6.54 Å². The first-order valence-electron chi connectivity index (χ1n) is 9.95. The quantitative estimate of drug-likeness (QED) is 0.318. The van der Waals surface area contributed by atoms with Gasteiger partial charge in [-0.25, -0.2) is 0 Å². The van der Waals surface area contributed by atoms with Crippen LogP contribution in [0.25, 0.3) is 22.2 Å². The highest BCUT2D eigenvalue weighted by molar-refractivity contribution is 6.30. The maximum atomic E-state index is 13.4. The Bertz CT molecular complexity index is 1410. The Labute approximate surface area is 189 Å². The summed E-state index contributed by atoms with van der Waals surface area (Å²) in [5.74, 6) is 0.599. The molecule has 5 aromatic rings. The molecule has 0 radical (unpaired) electrons. The van der Waals surface area contributed by atoms with Crippen molar-refractivity contribution >= 4 is 28.3 Å². The SMILES string of the molecule is COc1ccc2c(c1)c(C(=O)c1cc(-c3ccncc3)no1)cn2Cc1ccc(Cl)cc1. The van der Waals surface area contributed by atoms with Gasteiger partial charge in [0, 0.05) is 52.7 Å². The Morgan fingerprint density at radius 2 is 1.84 bits per heavy atom. The lowest BCUT2D eigenvalue weighted by Crippen LogP contribution is -2.00. The summed E-state index contributed by atoms with van der Waals surface area (Å²) in [4.78, 5) is 17.4. The van der Waals surface area contributed by atoms with Gasteiger partial charge in [-0.15, -0.1) is 0 Å². The summed E-state index contributed by atoms with van der Waals surface area (Å²) >= 11 is 6.02. The topological polar surface area (TPSA) is 70.2 Å². The molecule has 2 aromatic carbocycles. The molecule has 3 aromatic heterocycles. The van der Waals surface area contributed by atoms with Crippen LogP contribution in [0, 0.1) is 0 Å². The van der Waals surface area contributed by atoms with Gasteiger partial charge in [0.15, 0.2) is 0 Å². The molecule has 0 unspecified atom stereocenters. The molecule has 0 atom stereocenters. The summed E-state index contributed by atoms with van der Waals surface area (Å²) in [6.45, 7) is 0.589. The summed E-state index contributed by atoms with van der Waals surface area (Å²) in [5.41, 5.74) is 3.91. The standard InChI is InChI=1S/C25H18ClN3O3/c1-31-19-6-7-23-20(12-19)21(15-29(23)14-16-2-4-18(26)5-3-16)25(30)24-13-22(28-32-24)17-8-10-27-11-9-17/h2-13,15H,14H2,1H3. The first-order chi connectivity index (χ1) is 15.6. The van der Waals surface area contributed by atoms with Gasteiger partial charge in [0.05, 0.1) is 12.7 Å². The minimum Gasteiger partial charge on any atom is -0.497 e. The first-order valence-corrected chi connectivity index (χ1v) is 10.3. The second-order valence-electron chi connectivity index (χ2n) is 7.32. The Kier molecular flexibility index (Phi) is 5.21. The molecule has 0 fully saturated rings. The predicted molar refractivity (Wildman–Crippen MR) is 122 cm³/mol. The van der Waals surface area contributed by atoms with Crippen LogP contribution in [0.1, 0.15) is 21.7 Å². The van der Waals surface area contributed by atoms with Crippen molar-refractivity contribution in [2.75, 3.05) is 7.11 Å². The molecule has 0 saturated heterocycles. The lowest BCUT2D eigenvalue weighted by molar-refractivity contribution is 0.100. The molecule has 158 valence electrons. The summed E-state index contributed by atoms with van der Waals surface area (Å²) in [6, 6.07) is 18.6.